The Kier molecular flexibility index (Phi) is 4.14. The zero-order valence-corrected chi connectivity index (χ0v) is 11.3. The van der Waals surface area contributed by atoms with E-state index in [1.807, 2.05) is 0 Å². The van der Waals surface area contributed by atoms with E-state index >= 15 is 0 Å². The highest BCUT2D eigenvalue weighted by molar-refractivity contribution is 6.21. The monoisotopic (exact) mass is 275 g/mol. The number of hydrogen-bond acceptors (Lipinski definition) is 4. The number of carbonyl (C=O) groups is 3. The van der Waals surface area contributed by atoms with Crippen LogP contribution in [0.3, 0.4) is 0 Å². The number of nitrogens with two attached hydrogens (primary N) is 1. The summed E-state index contributed by atoms with van der Waals surface area (Å²) >= 11 is 0. The van der Waals surface area contributed by atoms with Crippen molar-refractivity contribution in [2.45, 2.75) is 6.92 Å². The molecule has 3 N–H and O–H groups in total. The fraction of sp³-hybridized carbons (Fsp3) is 0.357. The lowest BCUT2D eigenvalue weighted by molar-refractivity contribution is -0.124. The molecule has 2 rings (SSSR count). The van der Waals surface area contributed by atoms with Crippen molar-refractivity contribution in [3.8, 4) is 0 Å². The molecule has 6 nitrogen and oxygen atoms in total. The van der Waals surface area contributed by atoms with Gasteiger partial charge < -0.3 is 11.1 Å². The summed E-state index contributed by atoms with van der Waals surface area (Å²) in [6.45, 7) is 2.38. The summed E-state index contributed by atoms with van der Waals surface area (Å²) in [4.78, 5) is 36.8. The standard InChI is InChI=1S/C14H17N3O3/c1-9(8-15)12(18)16-6-7-17-13(19)10-4-2-3-5-11(10)14(17)20/h2-5,9H,6-8,15H2,1H3,(H,16,18). The summed E-state index contributed by atoms with van der Waals surface area (Å²) in [6.07, 6.45) is 0. The van der Waals surface area contributed by atoms with Crippen LogP contribution in [0.15, 0.2) is 24.3 Å². The van der Waals surface area contributed by atoms with Gasteiger partial charge in [0.1, 0.15) is 0 Å². The molecule has 3 amide bonds. The Morgan fingerprint density at radius 1 is 1.25 bits per heavy atom. The average molecular weight is 275 g/mol. The number of nitrogens with zero attached hydrogens (tertiary/aromatic N) is 1. The lowest BCUT2D eigenvalue weighted by Gasteiger charge is -2.15. The predicted octanol–water partition coefficient (Wildman–Crippen LogP) is -0.00640. The van der Waals surface area contributed by atoms with E-state index in [1.165, 1.54) is 0 Å². The highest BCUT2D eigenvalue weighted by atomic mass is 16.2. The minimum atomic E-state index is -0.313. The molecule has 20 heavy (non-hydrogen) atoms. The van der Waals surface area contributed by atoms with Crippen LogP contribution in [0.4, 0.5) is 0 Å². The molecule has 0 fully saturated rings. The molecule has 0 bridgehead atoms. The summed E-state index contributed by atoms with van der Waals surface area (Å²) in [5.74, 6) is -1.08. The smallest absolute Gasteiger partial charge is 0.261 e. The number of carbonyl (C=O) groups excluding carboxylic acids is 3. The van der Waals surface area contributed by atoms with Gasteiger partial charge in [0.25, 0.3) is 11.8 Å². The van der Waals surface area contributed by atoms with Crippen molar-refractivity contribution >= 4 is 17.7 Å². The van der Waals surface area contributed by atoms with Crippen molar-refractivity contribution in [1.82, 2.24) is 10.2 Å². The normalized spacial score (nSPS) is 15.2. The average Bonchev–Trinajstić information content (AvgIpc) is 2.71. The number of fused-ring (bicyclic) bond motifs is 1. The molecule has 1 atom stereocenters. The number of rotatable bonds is 5. The van der Waals surface area contributed by atoms with Gasteiger partial charge in [-0.25, -0.2) is 0 Å². The van der Waals surface area contributed by atoms with Crippen LogP contribution in [0.1, 0.15) is 27.6 Å². The Morgan fingerprint density at radius 3 is 2.30 bits per heavy atom. The van der Waals surface area contributed by atoms with Gasteiger partial charge in [-0.1, -0.05) is 19.1 Å². The van der Waals surface area contributed by atoms with Gasteiger partial charge in [0.15, 0.2) is 0 Å². The van der Waals surface area contributed by atoms with E-state index in [2.05, 4.69) is 5.32 Å². The zero-order valence-electron chi connectivity index (χ0n) is 11.3. The van der Waals surface area contributed by atoms with Gasteiger partial charge in [0.05, 0.1) is 11.1 Å². The highest BCUT2D eigenvalue weighted by Gasteiger charge is 2.34. The molecule has 106 valence electrons. The van der Waals surface area contributed by atoms with Crippen LogP contribution >= 0.6 is 0 Å². The Balaban J connectivity index is 1.95. The molecule has 0 radical (unpaired) electrons. The second-order valence-electron chi connectivity index (χ2n) is 4.74. The number of amides is 3. The molecule has 1 aliphatic heterocycles. The first-order valence-electron chi connectivity index (χ1n) is 6.49. The molecule has 1 unspecified atom stereocenters. The Hall–Kier alpha value is -2.21. The number of hydrogen-bond donors (Lipinski definition) is 2. The predicted molar refractivity (Wildman–Crippen MR) is 73.0 cm³/mol. The van der Waals surface area contributed by atoms with Gasteiger partial charge in [0, 0.05) is 25.6 Å². The maximum Gasteiger partial charge on any atom is 0.261 e. The van der Waals surface area contributed by atoms with Crippen LogP contribution in [0.25, 0.3) is 0 Å². The maximum absolute atomic E-state index is 12.0. The van der Waals surface area contributed by atoms with E-state index in [0.29, 0.717) is 11.1 Å². The lowest BCUT2D eigenvalue weighted by atomic mass is 10.1. The van der Waals surface area contributed by atoms with Crippen LogP contribution < -0.4 is 11.1 Å². The molecule has 1 aromatic carbocycles. The molecule has 0 spiro atoms. The van der Waals surface area contributed by atoms with Gasteiger partial charge in [-0.3, -0.25) is 19.3 Å². The summed E-state index contributed by atoms with van der Waals surface area (Å²) in [5, 5.41) is 2.66. The molecule has 0 saturated carbocycles. The summed E-state index contributed by atoms with van der Waals surface area (Å²) < 4.78 is 0. The number of nitrogens with one attached hydrogen (secondary N) is 1. The first-order chi connectivity index (χ1) is 9.56. The minimum Gasteiger partial charge on any atom is -0.354 e. The Morgan fingerprint density at radius 2 is 1.80 bits per heavy atom. The molecule has 1 aliphatic rings. The quantitative estimate of drug-likeness (QED) is 0.739. The lowest BCUT2D eigenvalue weighted by Crippen LogP contribution is -2.40. The van der Waals surface area contributed by atoms with Crippen LogP contribution in [0.5, 0.6) is 0 Å². The van der Waals surface area contributed by atoms with E-state index < -0.39 is 0 Å². The summed E-state index contributed by atoms with van der Waals surface area (Å²) in [5.41, 5.74) is 6.22. The first kappa shape index (κ1) is 14.2. The van der Waals surface area contributed by atoms with E-state index in [9.17, 15) is 14.4 Å². The van der Waals surface area contributed by atoms with Crippen molar-refractivity contribution in [3.05, 3.63) is 35.4 Å². The summed E-state index contributed by atoms with van der Waals surface area (Å²) in [7, 11) is 0. The second kappa shape index (κ2) is 5.83. The number of benzene rings is 1. The van der Waals surface area contributed by atoms with E-state index in [-0.39, 0.29) is 43.3 Å². The van der Waals surface area contributed by atoms with Crippen molar-refractivity contribution in [2.24, 2.45) is 11.7 Å². The fourth-order valence-corrected chi connectivity index (χ4v) is 2.01. The largest absolute Gasteiger partial charge is 0.354 e. The Labute approximate surface area is 116 Å². The fourth-order valence-electron chi connectivity index (χ4n) is 2.01. The molecule has 6 heteroatoms. The Bertz CT molecular complexity index is 521. The van der Waals surface area contributed by atoms with Crippen molar-refractivity contribution in [3.63, 3.8) is 0 Å². The van der Waals surface area contributed by atoms with Crippen LogP contribution in [0, 0.1) is 5.92 Å². The topological polar surface area (TPSA) is 92.5 Å². The van der Waals surface area contributed by atoms with Crippen LogP contribution in [-0.2, 0) is 4.79 Å². The molecule has 1 heterocycles. The van der Waals surface area contributed by atoms with Gasteiger partial charge in [-0.2, -0.15) is 0 Å². The highest BCUT2D eigenvalue weighted by Crippen LogP contribution is 2.21. The third-order valence-corrected chi connectivity index (χ3v) is 3.31. The van der Waals surface area contributed by atoms with Gasteiger partial charge in [-0.15, -0.1) is 0 Å². The van der Waals surface area contributed by atoms with Crippen molar-refractivity contribution in [2.75, 3.05) is 19.6 Å². The van der Waals surface area contributed by atoms with Crippen LogP contribution in [-0.4, -0.2) is 42.3 Å². The molecule has 0 aliphatic carbocycles. The van der Waals surface area contributed by atoms with E-state index in [0.717, 1.165) is 4.90 Å². The number of imide groups is 1. The first-order valence-corrected chi connectivity index (χ1v) is 6.49. The molecule has 1 aromatic rings. The SMILES string of the molecule is CC(CN)C(=O)NCCN1C(=O)c2ccccc2C1=O. The molecular weight excluding hydrogens is 258 g/mol. The van der Waals surface area contributed by atoms with Gasteiger partial charge in [0.2, 0.25) is 5.91 Å². The zero-order chi connectivity index (χ0) is 14.7. The van der Waals surface area contributed by atoms with E-state index in [4.69, 9.17) is 5.73 Å². The molecule has 0 saturated heterocycles. The molecule has 0 aromatic heterocycles. The van der Waals surface area contributed by atoms with Gasteiger partial charge >= 0.3 is 0 Å². The van der Waals surface area contributed by atoms with Crippen molar-refractivity contribution in [1.29, 1.82) is 0 Å². The maximum atomic E-state index is 12.0. The second-order valence-corrected chi connectivity index (χ2v) is 4.74. The summed E-state index contributed by atoms with van der Waals surface area (Å²) in [6, 6.07) is 6.70. The third-order valence-electron chi connectivity index (χ3n) is 3.31. The van der Waals surface area contributed by atoms with Crippen LogP contribution in [0.2, 0.25) is 0 Å². The molecular formula is C14H17N3O3. The minimum absolute atomic E-state index is 0.162. The van der Waals surface area contributed by atoms with Gasteiger partial charge in [-0.05, 0) is 12.1 Å². The van der Waals surface area contributed by atoms with E-state index in [1.54, 1.807) is 31.2 Å². The third kappa shape index (κ3) is 2.55. The van der Waals surface area contributed by atoms with Crippen molar-refractivity contribution < 1.29 is 14.4 Å².